The molecule has 14 heavy (non-hydrogen) atoms. The van der Waals surface area contributed by atoms with E-state index in [2.05, 4.69) is 12.1 Å². The molecule has 1 aliphatic carbocycles. The Morgan fingerprint density at radius 2 is 1.64 bits per heavy atom. The molecule has 1 aromatic rings. The van der Waals surface area contributed by atoms with Crippen molar-refractivity contribution in [2.45, 2.75) is 18.8 Å². The zero-order chi connectivity index (χ0) is 10.0. The van der Waals surface area contributed by atoms with Gasteiger partial charge in [-0.3, -0.25) is 0 Å². The van der Waals surface area contributed by atoms with E-state index in [-0.39, 0.29) is 18.6 Å². The smallest absolute Gasteiger partial charge is 0.0509 e. The van der Waals surface area contributed by atoms with Gasteiger partial charge in [-0.2, -0.15) is 0 Å². The normalized spacial score (nSPS) is 20.4. The molecule has 2 N–H and O–H groups in total. The molecule has 0 bridgehead atoms. The number of aliphatic hydroxyl groups is 2. The zero-order valence-corrected chi connectivity index (χ0v) is 8.19. The maximum Gasteiger partial charge on any atom is 0.0509 e. The van der Waals surface area contributed by atoms with Gasteiger partial charge in [-0.05, 0) is 24.3 Å². The molecule has 0 unspecified atom stereocenters. The van der Waals surface area contributed by atoms with Crippen molar-refractivity contribution < 1.29 is 10.2 Å². The van der Waals surface area contributed by atoms with E-state index in [0.29, 0.717) is 5.92 Å². The van der Waals surface area contributed by atoms with E-state index < -0.39 is 0 Å². The Balaban J connectivity index is 2.01. The summed E-state index contributed by atoms with van der Waals surface area (Å²) >= 11 is 0. The molecule has 0 radical (unpaired) electrons. The summed E-state index contributed by atoms with van der Waals surface area (Å²) in [5, 5.41) is 18.3. The Labute approximate surface area is 84.2 Å². The molecule has 0 heterocycles. The summed E-state index contributed by atoms with van der Waals surface area (Å²) in [4.78, 5) is 0. The topological polar surface area (TPSA) is 40.5 Å². The first-order valence-corrected chi connectivity index (χ1v) is 5.06. The Hall–Kier alpha value is -0.860. The lowest BCUT2D eigenvalue weighted by Gasteiger charge is -2.45. The third-order valence-electron chi connectivity index (χ3n) is 3.30. The van der Waals surface area contributed by atoms with Gasteiger partial charge in [-0.25, -0.2) is 0 Å². The molecule has 1 fully saturated rings. The highest BCUT2D eigenvalue weighted by molar-refractivity contribution is 5.23. The summed E-state index contributed by atoms with van der Waals surface area (Å²) in [5.41, 5.74) is 1.12. The highest BCUT2D eigenvalue weighted by atomic mass is 16.3. The van der Waals surface area contributed by atoms with Crippen molar-refractivity contribution in [3.05, 3.63) is 35.9 Å². The second-order valence-corrected chi connectivity index (χ2v) is 4.33. The predicted molar refractivity (Wildman–Crippen MR) is 55.0 cm³/mol. The first kappa shape index (κ1) is 9.69. The molecule has 0 atom stereocenters. The Bertz CT molecular complexity index is 282. The molecule has 0 spiro atoms. The van der Waals surface area contributed by atoms with Crippen molar-refractivity contribution in [2.24, 2.45) is 5.41 Å². The Morgan fingerprint density at radius 1 is 1.07 bits per heavy atom. The van der Waals surface area contributed by atoms with Gasteiger partial charge in [-0.15, -0.1) is 0 Å². The summed E-state index contributed by atoms with van der Waals surface area (Å²) in [6, 6.07) is 10.3. The summed E-state index contributed by atoms with van der Waals surface area (Å²) in [6.07, 6.45) is 1.81. The molecule has 0 amide bonds. The molecule has 2 rings (SSSR count). The molecule has 0 aliphatic heterocycles. The van der Waals surface area contributed by atoms with Gasteiger partial charge in [0.25, 0.3) is 0 Å². The quantitative estimate of drug-likeness (QED) is 0.762. The molecule has 1 aromatic carbocycles. The minimum atomic E-state index is -0.208. The Kier molecular flexibility index (Phi) is 2.57. The van der Waals surface area contributed by atoms with Crippen LogP contribution in [-0.2, 0) is 0 Å². The Morgan fingerprint density at radius 3 is 2.14 bits per heavy atom. The third kappa shape index (κ3) is 1.56. The fourth-order valence-corrected chi connectivity index (χ4v) is 2.25. The van der Waals surface area contributed by atoms with E-state index in [1.165, 1.54) is 5.56 Å². The van der Waals surface area contributed by atoms with Crippen molar-refractivity contribution in [2.75, 3.05) is 13.2 Å². The molecule has 1 saturated carbocycles. The predicted octanol–water partition coefficient (Wildman–Crippen LogP) is 1.53. The van der Waals surface area contributed by atoms with E-state index in [9.17, 15) is 0 Å². The van der Waals surface area contributed by atoms with Crippen LogP contribution in [-0.4, -0.2) is 23.4 Å². The molecule has 2 heteroatoms. The lowest BCUT2D eigenvalue weighted by atomic mass is 9.61. The van der Waals surface area contributed by atoms with E-state index in [4.69, 9.17) is 10.2 Å². The SMILES string of the molecule is OCC1(CO)CC(c2ccccc2)C1. The van der Waals surface area contributed by atoms with Crippen LogP contribution in [0.1, 0.15) is 24.3 Å². The molecule has 1 aliphatic rings. The number of hydrogen-bond acceptors (Lipinski definition) is 2. The molecule has 2 nitrogen and oxygen atoms in total. The number of benzene rings is 1. The monoisotopic (exact) mass is 192 g/mol. The van der Waals surface area contributed by atoms with Gasteiger partial charge in [0.2, 0.25) is 0 Å². The van der Waals surface area contributed by atoms with Gasteiger partial charge in [0.05, 0.1) is 13.2 Å². The summed E-state index contributed by atoms with van der Waals surface area (Å²) in [7, 11) is 0. The van der Waals surface area contributed by atoms with E-state index in [1.54, 1.807) is 0 Å². The first-order chi connectivity index (χ1) is 6.79. The van der Waals surface area contributed by atoms with E-state index in [0.717, 1.165) is 12.8 Å². The number of rotatable bonds is 3. The van der Waals surface area contributed by atoms with Crippen LogP contribution in [0.2, 0.25) is 0 Å². The van der Waals surface area contributed by atoms with Gasteiger partial charge in [0.15, 0.2) is 0 Å². The van der Waals surface area contributed by atoms with Crippen molar-refractivity contribution in [1.29, 1.82) is 0 Å². The third-order valence-corrected chi connectivity index (χ3v) is 3.30. The number of hydrogen-bond donors (Lipinski definition) is 2. The molecule has 0 aromatic heterocycles. The van der Waals surface area contributed by atoms with Crippen LogP contribution in [0, 0.1) is 5.41 Å². The van der Waals surface area contributed by atoms with Crippen LogP contribution < -0.4 is 0 Å². The van der Waals surface area contributed by atoms with Gasteiger partial charge >= 0.3 is 0 Å². The lowest BCUT2D eigenvalue weighted by molar-refractivity contribution is -0.0244. The second-order valence-electron chi connectivity index (χ2n) is 4.33. The summed E-state index contributed by atoms with van der Waals surface area (Å²) in [5.74, 6) is 0.524. The zero-order valence-electron chi connectivity index (χ0n) is 8.19. The minimum absolute atomic E-state index is 0.104. The largest absolute Gasteiger partial charge is 0.396 e. The van der Waals surface area contributed by atoms with Crippen LogP contribution in [0.25, 0.3) is 0 Å². The van der Waals surface area contributed by atoms with E-state index in [1.807, 2.05) is 18.2 Å². The maximum atomic E-state index is 9.14. The van der Waals surface area contributed by atoms with Crippen molar-refractivity contribution in [3.8, 4) is 0 Å². The van der Waals surface area contributed by atoms with Gasteiger partial charge < -0.3 is 10.2 Å². The van der Waals surface area contributed by atoms with Crippen LogP contribution in [0.15, 0.2) is 30.3 Å². The highest BCUT2D eigenvalue weighted by Gasteiger charge is 2.43. The fraction of sp³-hybridized carbons (Fsp3) is 0.500. The van der Waals surface area contributed by atoms with Gasteiger partial charge in [0.1, 0.15) is 0 Å². The van der Waals surface area contributed by atoms with Crippen molar-refractivity contribution in [3.63, 3.8) is 0 Å². The maximum absolute atomic E-state index is 9.14. The van der Waals surface area contributed by atoms with Gasteiger partial charge in [-0.1, -0.05) is 30.3 Å². The summed E-state index contributed by atoms with van der Waals surface area (Å²) < 4.78 is 0. The molecule has 0 saturated heterocycles. The van der Waals surface area contributed by atoms with Crippen molar-refractivity contribution in [1.82, 2.24) is 0 Å². The molecule has 76 valence electrons. The average Bonchev–Trinajstić information content (AvgIpc) is 2.19. The number of aliphatic hydroxyl groups excluding tert-OH is 2. The molecular formula is C12H16O2. The summed E-state index contributed by atoms with van der Waals surface area (Å²) in [6.45, 7) is 0.208. The van der Waals surface area contributed by atoms with Gasteiger partial charge in [0, 0.05) is 5.41 Å². The second kappa shape index (κ2) is 3.71. The standard InChI is InChI=1S/C12H16O2/c13-8-12(9-14)6-11(7-12)10-4-2-1-3-5-10/h1-5,11,13-14H,6-9H2. The minimum Gasteiger partial charge on any atom is -0.396 e. The van der Waals surface area contributed by atoms with E-state index >= 15 is 0 Å². The van der Waals surface area contributed by atoms with Crippen molar-refractivity contribution >= 4 is 0 Å². The van der Waals surface area contributed by atoms with Crippen LogP contribution in [0.5, 0.6) is 0 Å². The fourth-order valence-electron chi connectivity index (χ4n) is 2.25. The first-order valence-electron chi connectivity index (χ1n) is 5.06. The average molecular weight is 192 g/mol. The van der Waals surface area contributed by atoms with Crippen LogP contribution >= 0.6 is 0 Å². The van der Waals surface area contributed by atoms with Crippen LogP contribution in [0.3, 0.4) is 0 Å². The lowest BCUT2D eigenvalue weighted by Crippen LogP contribution is -2.42. The van der Waals surface area contributed by atoms with Crippen LogP contribution in [0.4, 0.5) is 0 Å². The molecular weight excluding hydrogens is 176 g/mol. The highest BCUT2D eigenvalue weighted by Crippen LogP contribution is 2.50.